The van der Waals surface area contributed by atoms with Crippen LogP contribution in [0, 0.1) is 19.3 Å². The monoisotopic (exact) mass is 239 g/mol. The molecule has 1 atom stereocenters. The number of furan rings is 1. The Kier molecular flexibility index (Phi) is 4.78. The van der Waals surface area contributed by atoms with Gasteiger partial charge < -0.3 is 14.8 Å². The molecule has 0 aliphatic rings. The Morgan fingerprint density at radius 2 is 2.06 bits per heavy atom. The van der Waals surface area contributed by atoms with Crippen molar-refractivity contribution in [2.45, 2.75) is 47.1 Å². The first kappa shape index (κ1) is 14.3. The molecule has 0 saturated carbocycles. The van der Waals surface area contributed by atoms with Crippen molar-refractivity contribution in [3.8, 4) is 0 Å². The van der Waals surface area contributed by atoms with Crippen molar-refractivity contribution in [2.75, 3.05) is 13.2 Å². The summed E-state index contributed by atoms with van der Waals surface area (Å²) in [6, 6.07) is 2.37. The summed E-state index contributed by atoms with van der Waals surface area (Å²) in [5.41, 5.74) is 1.35. The zero-order chi connectivity index (χ0) is 13.1. The number of aryl methyl sites for hydroxylation is 2. The Hall–Kier alpha value is -0.800. The van der Waals surface area contributed by atoms with Crippen LogP contribution >= 0.6 is 0 Å². The summed E-state index contributed by atoms with van der Waals surface area (Å²) in [6.45, 7) is 11.6. The van der Waals surface area contributed by atoms with Gasteiger partial charge in [-0.3, -0.25) is 0 Å². The molecular formula is C14H25NO2. The second-order valence-electron chi connectivity index (χ2n) is 5.61. The molecule has 0 saturated heterocycles. The highest BCUT2D eigenvalue weighted by atomic mass is 16.3. The minimum absolute atomic E-state index is 0.121. The summed E-state index contributed by atoms with van der Waals surface area (Å²) >= 11 is 0. The number of hydrogen-bond donors (Lipinski definition) is 2. The third-order valence-corrected chi connectivity index (χ3v) is 3.22. The SMILES string of the molecule is Cc1cc(C(C)NCC(C)(C)CCO)c(C)o1. The Balaban J connectivity index is 2.55. The van der Waals surface area contributed by atoms with Crippen LogP contribution in [-0.2, 0) is 0 Å². The molecule has 98 valence electrons. The van der Waals surface area contributed by atoms with E-state index in [1.165, 1.54) is 5.56 Å². The van der Waals surface area contributed by atoms with Crippen LogP contribution in [0.3, 0.4) is 0 Å². The quantitative estimate of drug-likeness (QED) is 0.802. The van der Waals surface area contributed by atoms with E-state index in [9.17, 15) is 0 Å². The van der Waals surface area contributed by atoms with E-state index in [0.717, 1.165) is 24.5 Å². The average Bonchev–Trinajstić information content (AvgIpc) is 2.54. The van der Waals surface area contributed by atoms with Crippen LogP contribution in [0.4, 0.5) is 0 Å². The minimum atomic E-state index is 0.121. The zero-order valence-corrected chi connectivity index (χ0v) is 11.6. The van der Waals surface area contributed by atoms with Crippen molar-refractivity contribution >= 4 is 0 Å². The molecule has 3 heteroatoms. The van der Waals surface area contributed by atoms with Gasteiger partial charge in [-0.2, -0.15) is 0 Å². The lowest BCUT2D eigenvalue weighted by atomic mass is 9.89. The predicted octanol–water partition coefficient (Wildman–Crippen LogP) is 2.96. The van der Waals surface area contributed by atoms with E-state index >= 15 is 0 Å². The standard InChI is InChI=1S/C14H25NO2/c1-10-8-13(12(3)17-10)11(2)15-9-14(4,5)6-7-16/h8,11,15-16H,6-7,9H2,1-5H3. The molecule has 17 heavy (non-hydrogen) atoms. The van der Waals surface area contributed by atoms with Crippen molar-refractivity contribution in [3.05, 3.63) is 23.2 Å². The highest BCUT2D eigenvalue weighted by molar-refractivity contribution is 5.23. The lowest BCUT2D eigenvalue weighted by Crippen LogP contribution is -2.32. The fraction of sp³-hybridized carbons (Fsp3) is 0.714. The van der Waals surface area contributed by atoms with Gasteiger partial charge in [0, 0.05) is 24.8 Å². The van der Waals surface area contributed by atoms with E-state index in [1.807, 2.05) is 13.8 Å². The molecule has 1 aromatic heterocycles. The number of aliphatic hydroxyl groups excluding tert-OH is 1. The fourth-order valence-electron chi connectivity index (χ4n) is 2.01. The predicted molar refractivity (Wildman–Crippen MR) is 70.1 cm³/mol. The third kappa shape index (κ3) is 4.17. The van der Waals surface area contributed by atoms with Gasteiger partial charge in [0.25, 0.3) is 0 Å². The summed E-state index contributed by atoms with van der Waals surface area (Å²) in [4.78, 5) is 0. The van der Waals surface area contributed by atoms with Crippen LogP contribution in [0.2, 0.25) is 0 Å². The molecule has 3 nitrogen and oxygen atoms in total. The third-order valence-electron chi connectivity index (χ3n) is 3.22. The largest absolute Gasteiger partial charge is 0.466 e. The molecule has 1 aromatic rings. The molecule has 0 spiro atoms. The molecule has 0 aromatic carbocycles. The molecule has 1 unspecified atom stereocenters. The first-order valence-corrected chi connectivity index (χ1v) is 6.27. The number of rotatable bonds is 6. The summed E-state index contributed by atoms with van der Waals surface area (Å²) in [7, 11) is 0. The summed E-state index contributed by atoms with van der Waals surface area (Å²) in [6.07, 6.45) is 0.816. The topological polar surface area (TPSA) is 45.4 Å². The molecule has 1 heterocycles. The highest BCUT2D eigenvalue weighted by Gasteiger charge is 2.19. The molecule has 0 aliphatic heterocycles. The van der Waals surface area contributed by atoms with Crippen LogP contribution in [0.25, 0.3) is 0 Å². The second kappa shape index (κ2) is 5.69. The molecule has 1 rings (SSSR count). The smallest absolute Gasteiger partial charge is 0.105 e. The van der Waals surface area contributed by atoms with Gasteiger partial charge in [0.2, 0.25) is 0 Å². The average molecular weight is 239 g/mol. The van der Waals surface area contributed by atoms with Gasteiger partial charge in [-0.25, -0.2) is 0 Å². The van der Waals surface area contributed by atoms with Crippen LogP contribution in [0.5, 0.6) is 0 Å². The van der Waals surface area contributed by atoms with Gasteiger partial charge in [0.15, 0.2) is 0 Å². The molecule has 0 aliphatic carbocycles. The highest BCUT2D eigenvalue weighted by Crippen LogP contribution is 2.24. The number of hydrogen-bond acceptors (Lipinski definition) is 3. The van der Waals surface area contributed by atoms with Gasteiger partial charge in [-0.1, -0.05) is 13.8 Å². The second-order valence-corrected chi connectivity index (χ2v) is 5.61. The van der Waals surface area contributed by atoms with Crippen LogP contribution in [0.1, 0.15) is 50.3 Å². The Bertz CT molecular complexity index is 355. The molecule has 0 bridgehead atoms. The van der Waals surface area contributed by atoms with Crippen LogP contribution in [0.15, 0.2) is 10.5 Å². The van der Waals surface area contributed by atoms with Gasteiger partial charge in [-0.15, -0.1) is 0 Å². The Labute approximate surface area is 104 Å². The molecule has 0 amide bonds. The van der Waals surface area contributed by atoms with E-state index in [2.05, 4.69) is 32.2 Å². The molecule has 0 fully saturated rings. The van der Waals surface area contributed by atoms with E-state index in [4.69, 9.17) is 9.52 Å². The first-order chi connectivity index (χ1) is 7.85. The van der Waals surface area contributed by atoms with Gasteiger partial charge in [-0.05, 0) is 38.7 Å². The minimum Gasteiger partial charge on any atom is -0.466 e. The molecule has 0 radical (unpaired) electrons. The maximum Gasteiger partial charge on any atom is 0.105 e. The Morgan fingerprint density at radius 3 is 2.53 bits per heavy atom. The normalized spacial score (nSPS) is 14.0. The maximum atomic E-state index is 8.99. The van der Waals surface area contributed by atoms with Crippen molar-refractivity contribution in [3.63, 3.8) is 0 Å². The van der Waals surface area contributed by atoms with E-state index < -0.39 is 0 Å². The maximum absolute atomic E-state index is 8.99. The summed E-state index contributed by atoms with van der Waals surface area (Å²) in [5, 5.41) is 12.5. The zero-order valence-electron chi connectivity index (χ0n) is 11.6. The van der Waals surface area contributed by atoms with Crippen molar-refractivity contribution in [2.24, 2.45) is 5.41 Å². The van der Waals surface area contributed by atoms with Crippen molar-refractivity contribution in [1.29, 1.82) is 0 Å². The van der Waals surface area contributed by atoms with E-state index in [-0.39, 0.29) is 18.1 Å². The van der Waals surface area contributed by atoms with Crippen LogP contribution in [-0.4, -0.2) is 18.3 Å². The number of aliphatic hydroxyl groups is 1. The Morgan fingerprint density at radius 1 is 1.41 bits per heavy atom. The fourth-order valence-corrected chi connectivity index (χ4v) is 2.01. The molecular weight excluding hydrogens is 214 g/mol. The summed E-state index contributed by atoms with van der Waals surface area (Å²) < 4.78 is 5.54. The van der Waals surface area contributed by atoms with E-state index in [1.54, 1.807) is 0 Å². The summed E-state index contributed by atoms with van der Waals surface area (Å²) in [5.74, 6) is 1.95. The van der Waals surface area contributed by atoms with Gasteiger partial charge in [0.05, 0.1) is 0 Å². The van der Waals surface area contributed by atoms with Crippen molar-refractivity contribution < 1.29 is 9.52 Å². The van der Waals surface area contributed by atoms with Crippen molar-refractivity contribution in [1.82, 2.24) is 5.32 Å². The van der Waals surface area contributed by atoms with Gasteiger partial charge in [0.1, 0.15) is 11.5 Å². The van der Waals surface area contributed by atoms with Gasteiger partial charge >= 0.3 is 0 Å². The lowest BCUT2D eigenvalue weighted by molar-refractivity contribution is 0.203. The molecule has 2 N–H and O–H groups in total. The number of nitrogens with one attached hydrogen (secondary N) is 1. The van der Waals surface area contributed by atoms with Crippen LogP contribution < -0.4 is 5.32 Å². The van der Waals surface area contributed by atoms with E-state index in [0.29, 0.717) is 0 Å². The first-order valence-electron chi connectivity index (χ1n) is 6.27. The lowest BCUT2D eigenvalue weighted by Gasteiger charge is -2.26.